The van der Waals surface area contributed by atoms with Crippen molar-refractivity contribution < 1.29 is 18.9 Å². The van der Waals surface area contributed by atoms with Crippen molar-refractivity contribution >= 4 is 46.6 Å². The minimum atomic E-state index is -0.851. The number of hydrogen-bond donors (Lipinski definition) is 0. The standard InChI is InChI=1S/C26H18ClN3O6S/c1-2-35-25(32)21-22(15-6-4-3-5-7-15)28-26-29(23(21)16-8-10-17(27)11-9-16)24(31)19(37-26)14-18-12-13-20(36-18)30(33)34/h3-14,23H,2H2,1H3/b19-14-/t23-/m1/s1. The predicted octanol–water partition coefficient (Wildman–Crippen LogP) is 4.09. The molecule has 0 saturated carbocycles. The van der Waals surface area contributed by atoms with Gasteiger partial charge in [-0.3, -0.25) is 19.5 Å². The molecule has 186 valence electrons. The fraction of sp³-hybridized carbons (Fsp3) is 0.115. The second-order valence-electron chi connectivity index (χ2n) is 7.92. The van der Waals surface area contributed by atoms with E-state index >= 15 is 0 Å². The number of nitro groups is 1. The molecule has 0 N–H and O–H groups in total. The van der Waals surface area contributed by atoms with Crippen molar-refractivity contribution in [3.8, 4) is 0 Å². The summed E-state index contributed by atoms with van der Waals surface area (Å²) in [4.78, 5) is 42.5. The van der Waals surface area contributed by atoms with E-state index in [1.807, 2.05) is 30.3 Å². The van der Waals surface area contributed by atoms with E-state index in [0.717, 1.165) is 11.3 Å². The molecule has 1 aliphatic rings. The minimum absolute atomic E-state index is 0.138. The Morgan fingerprint density at radius 1 is 1.19 bits per heavy atom. The smallest absolute Gasteiger partial charge is 0.433 e. The van der Waals surface area contributed by atoms with E-state index in [0.29, 0.717) is 26.6 Å². The molecule has 0 radical (unpaired) electrons. The number of halogens is 1. The number of ether oxygens (including phenoxy) is 1. The van der Waals surface area contributed by atoms with Gasteiger partial charge in [0.2, 0.25) is 0 Å². The number of hydrogen-bond acceptors (Lipinski definition) is 8. The molecule has 2 aromatic carbocycles. The van der Waals surface area contributed by atoms with Crippen LogP contribution in [-0.2, 0) is 9.53 Å². The Labute approximate surface area is 218 Å². The first-order valence-electron chi connectivity index (χ1n) is 11.2. The zero-order valence-corrected chi connectivity index (χ0v) is 20.9. The number of carbonyl (C=O) groups is 1. The number of benzene rings is 2. The van der Waals surface area contributed by atoms with Gasteiger partial charge in [0.1, 0.15) is 10.7 Å². The molecule has 37 heavy (non-hydrogen) atoms. The lowest BCUT2D eigenvalue weighted by Gasteiger charge is -2.25. The zero-order chi connectivity index (χ0) is 26.1. The summed E-state index contributed by atoms with van der Waals surface area (Å²) in [6, 6.07) is 17.8. The second-order valence-corrected chi connectivity index (χ2v) is 9.36. The number of fused-ring (bicyclic) bond motifs is 1. The molecule has 0 spiro atoms. The van der Waals surface area contributed by atoms with E-state index in [-0.39, 0.29) is 22.5 Å². The Morgan fingerprint density at radius 2 is 1.92 bits per heavy atom. The van der Waals surface area contributed by atoms with Crippen LogP contribution in [0.1, 0.15) is 29.9 Å². The summed E-state index contributed by atoms with van der Waals surface area (Å²) in [6.45, 7) is 1.84. The summed E-state index contributed by atoms with van der Waals surface area (Å²) in [5.41, 5.74) is 1.49. The molecule has 0 amide bonds. The summed E-state index contributed by atoms with van der Waals surface area (Å²) < 4.78 is 12.3. The van der Waals surface area contributed by atoms with E-state index in [2.05, 4.69) is 0 Å². The highest BCUT2D eigenvalue weighted by Crippen LogP contribution is 2.35. The number of furan rings is 1. The SMILES string of the molecule is CCOC(=O)C1=C(c2ccccc2)N=c2s/c(=C\c3ccc([N+](=O)[O-])o3)c(=O)n2[C@@H]1c1ccc(Cl)cc1. The van der Waals surface area contributed by atoms with E-state index in [4.69, 9.17) is 25.7 Å². The normalized spacial score (nSPS) is 15.3. The highest BCUT2D eigenvalue weighted by atomic mass is 35.5. The maximum absolute atomic E-state index is 13.7. The number of carbonyl (C=O) groups excluding carboxylic acids is 1. The molecule has 11 heteroatoms. The monoisotopic (exact) mass is 535 g/mol. The third-order valence-corrected chi connectivity index (χ3v) is 6.86. The third-order valence-electron chi connectivity index (χ3n) is 5.63. The van der Waals surface area contributed by atoms with E-state index in [1.54, 1.807) is 31.2 Å². The summed E-state index contributed by atoms with van der Waals surface area (Å²) in [6.07, 6.45) is 1.42. The van der Waals surface area contributed by atoms with Crippen molar-refractivity contribution in [3.63, 3.8) is 0 Å². The Balaban J connectivity index is 1.80. The average molecular weight is 536 g/mol. The van der Waals surface area contributed by atoms with Gasteiger partial charge in [0, 0.05) is 16.7 Å². The van der Waals surface area contributed by atoms with E-state index in [9.17, 15) is 19.7 Å². The predicted molar refractivity (Wildman–Crippen MR) is 138 cm³/mol. The van der Waals surface area contributed by atoms with E-state index in [1.165, 1.54) is 22.8 Å². The number of aromatic nitrogens is 1. The van der Waals surface area contributed by atoms with Gasteiger partial charge >= 0.3 is 11.9 Å². The van der Waals surface area contributed by atoms with Crippen LogP contribution in [0.15, 0.2) is 86.5 Å². The van der Waals surface area contributed by atoms with Crippen molar-refractivity contribution in [2.24, 2.45) is 4.99 Å². The highest BCUT2D eigenvalue weighted by molar-refractivity contribution is 7.07. The molecule has 0 saturated heterocycles. The lowest BCUT2D eigenvalue weighted by Crippen LogP contribution is -2.39. The fourth-order valence-electron chi connectivity index (χ4n) is 4.05. The highest BCUT2D eigenvalue weighted by Gasteiger charge is 2.35. The minimum Gasteiger partial charge on any atom is -0.463 e. The lowest BCUT2D eigenvalue weighted by atomic mass is 9.93. The topological polar surface area (TPSA) is 117 Å². The zero-order valence-electron chi connectivity index (χ0n) is 19.3. The summed E-state index contributed by atoms with van der Waals surface area (Å²) in [7, 11) is 0. The van der Waals surface area contributed by atoms with Crippen LogP contribution in [0, 0.1) is 10.1 Å². The van der Waals surface area contributed by atoms with Crippen LogP contribution in [-0.4, -0.2) is 22.1 Å². The summed E-state index contributed by atoms with van der Waals surface area (Å²) in [5, 5.41) is 11.5. The van der Waals surface area contributed by atoms with Crippen LogP contribution in [0.3, 0.4) is 0 Å². The molecule has 1 atom stereocenters. The Kier molecular flexibility index (Phi) is 6.60. The van der Waals surface area contributed by atoms with Crippen molar-refractivity contribution in [1.29, 1.82) is 0 Å². The molecule has 0 fully saturated rings. The number of esters is 1. The molecule has 1 aliphatic heterocycles. The first kappa shape index (κ1) is 24.4. The summed E-state index contributed by atoms with van der Waals surface area (Å²) >= 11 is 7.21. The Hall–Kier alpha value is -4.28. The second kappa shape index (κ2) is 10.00. The van der Waals surface area contributed by atoms with Gasteiger partial charge in [0.15, 0.2) is 4.80 Å². The van der Waals surface area contributed by atoms with Crippen LogP contribution in [0.25, 0.3) is 11.8 Å². The van der Waals surface area contributed by atoms with Crippen LogP contribution in [0.2, 0.25) is 5.02 Å². The molecular formula is C26H18ClN3O6S. The van der Waals surface area contributed by atoms with Crippen molar-refractivity contribution in [2.45, 2.75) is 13.0 Å². The number of rotatable bonds is 6. The lowest BCUT2D eigenvalue weighted by molar-refractivity contribution is -0.402. The van der Waals surface area contributed by atoms with E-state index < -0.39 is 28.4 Å². The van der Waals surface area contributed by atoms with Gasteiger partial charge in [-0.25, -0.2) is 9.79 Å². The van der Waals surface area contributed by atoms with Crippen LogP contribution in [0.4, 0.5) is 5.88 Å². The van der Waals surface area contributed by atoms with Crippen LogP contribution in [0.5, 0.6) is 0 Å². The van der Waals surface area contributed by atoms with Gasteiger partial charge in [-0.1, -0.05) is 65.4 Å². The van der Waals surface area contributed by atoms with Gasteiger partial charge < -0.3 is 9.15 Å². The molecule has 2 aromatic heterocycles. The van der Waals surface area contributed by atoms with Crippen molar-refractivity contribution in [1.82, 2.24) is 4.57 Å². The number of nitrogens with zero attached hydrogens (tertiary/aromatic N) is 3. The fourth-order valence-corrected chi connectivity index (χ4v) is 5.15. The molecule has 5 rings (SSSR count). The first-order chi connectivity index (χ1) is 17.9. The Morgan fingerprint density at radius 3 is 2.57 bits per heavy atom. The third kappa shape index (κ3) is 4.64. The van der Waals surface area contributed by atoms with Gasteiger partial charge in [0.25, 0.3) is 5.56 Å². The molecule has 0 aliphatic carbocycles. The number of thiazole rings is 1. The first-order valence-corrected chi connectivity index (χ1v) is 12.3. The largest absolute Gasteiger partial charge is 0.463 e. The maximum atomic E-state index is 13.7. The maximum Gasteiger partial charge on any atom is 0.433 e. The molecule has 0 unspecified atom stereocenters. The molecule has 0 bridgehead atoms. The van der Waals surface area contributed by atoms with Gasteiger partial charge in [-0.05, 0) is 30.7 Å². The molecule has 3 heterocycles. The average Bonchev–Trinajstić information content (AvgIpc) is 3.49. The van der Waals surface area contributed by atoms with Gasteiger partial charge in [0.05, 0.1) is 34.5 Å². The molecular weight excluding hydrogens is 518 g/mol. The molecule has 9 nitrogen and oxygen atoms in total. The molecule has 4 aromatic rings. The van der Waals surface area contributed by atoms with Crippen LogP contribution < -0.4 is 14.9 Å². The van der Waals surface area contributed by atoms with Crippen LogP contribution >= 0.6 is 22.9 Å². The Bertz CT molecular complexity index is 1720. The van der Waals surface area contributed by atoms with Gasteiger partial charge in [-0.15, -0.1) is 0 Å². The van der Waals surface area contributed by atoms with Crippen molar-refractivity contribution in [2.75, 3.05) is 6.61 Å². The summed E-state index contributed by atoms with van der Waals surface area (Å²) in [5.74, 6) is -0.886. The quantitative estimate of drug-likeness (QED) is 0.208. The van der Waals surface area contributed by atoms with Gasteiger partial charge in [-0.2, -0.15) is 0 Å². The van der Waals surface area contributed by atoms with Crippen molar-refractivity contribution in [3.05, 3.63) is 124 Å².